The van der Waals surface area contributed by atoms with Gasteiger partial charge in [0.05, 0.1) is 0 Å². The van der Waals surface area contributed by atoms with Gasteiger partial charge in [0.2, 0.25) is 0 Å². The Morgan fingerprint density at radius 1 is 0.378 bits per heavy atom. The number of benzene rings is 8. The van der Waals surface area contributed by atoms with Gasteiger partial charge in [-0.1, -0.05) is 139 Å². The largest absolute Gasteiger partial charge is 0.263 e. The van der Waals surface area contributed by atoms with Gasteiger partial charge in [-0.15, -0.1) is 0 Å². The van der Waals surface area contributed by atoms with Gasteiger partial charge < -0.3 is 0 Å². The van der Waals surface area contributed by atoms with Crippen molar-refractivity contribution < 1.29 is 0 Å². The average Bonchev–Trinajstić information content (AvgIpc) is 3.10. The summed E-state index contributed by atoms with van der Waals surface area (Å²) in [6.45, 7) is 0. The molecule has 9 aromatic rings. The molecule has 0 unspecified atom stereocenters. The van der Waals surface area contributed by atoms with Gasteiger partial charge in [0.1, 0.15) is 0 Å². The summed E-state index contributed by atoms with van der Waals surface area (Å²) < 4.78 is 0. The predicted molar refractivity (Wildman–Crippen MR) is 192 cm³/mol. The minimum Gasteiger partial charge on any atom is -0.263 e. The lowest BCUT2D eigenvalue weighted by molar-refractivity contribution is 1.32. The van der Waals surface area contributed by atoms with E-state index in [2.05, 4.69) is 140 Å². The summed E-state index contributed by atoms with van der Waals surface area (Å²) in [6.07, 6.45) is 4.07. The van der Waals surface area contributed by atoms with Crippen LogP contribution in [0.15, 0.2) is 162 Å². The molecule has 1 nitrogen and oxygen atoms in total. The molecule has 0 amide bonds. The lowest BCUT2D eigenvalue weighted by Gasteiger charge is -2.23. The highest BCUT2D eigenvalue weighted by molar-refractivity contribution is 7.99. The Labute approximate surface area is 264 Å². The summed E-state index contributed by atoms with van der Waals surface area (Å²) in [5, 5.41) is 12.7. The highest BCUT2D eigenvalue weighted by Gasteiger charge is 2.23. The van der Waals surface area contributed by atoms with Crippen molar-refractivity contribution in [1.82, 2.24) is 4.98 Å². The van der Waals surface area contributed by atoms with Crippen molar-refractivity contribution in [3.63, 3.8) is 0 Å². The van der Waals surface area contributed by atoms with Crippen molar-refractivity contribution in [1.29, 1.82) is 0 Å². The molecule has 8 aromatic carbocycles. The maximum Gasteiger partial charge on any atom is 0.0353 e. The van der Waals surface area contributed by atoms with E-state index in [1.807, 2.05) is 24.2 Å². The second-order valence-corrected chi connectivity index (χ2v) is 13.0. The van der Waals surface area contributed by atoms with Crippen LogP contribution in [0, 0.1) is 0 Å². The van der Waals surface area contributed by atoms with Gasteiger partial charge in [-0.05, 0) is 83.0 Å². The lowest BCUT2D eigenvalue weighted by atomic mass is 9.84. The smallest absolute Gasteiger partial charge is 0.0353 e. The first kappa shape index (κ1) is 24.9. The van der Waals surface area contributed by atoms with Crippen molar-refractivity contribution in [2.24, 2.45) is 0 Å². The number of pyridine rings is 1. The van der Waals surface area contributed by atoms with Crippen molar-refractivity contribution in [2.45, 2.75) is 9.79 Å². The topological polar surface area (TPSA) is 12.9 Å². The first-order valence-corrected chi connectivity index (χ1v) is 16.2. The highest BCUT2D eigenvalue weighted by Crippen LogP contribution is 2.52. The van der Waals surface area contributed by atoms with Crippen LogP contribution in [0.25, 0.3) is 87.2 Å². The molecule has 1 aliphatic rings. The van der Waals surface area contributed by atoms with Crippen LogP contribution < -0.4 is 0 Å². The van der Waals surface area contributed by atoms with E-state index in [1.165, 1.54) is 97.0 Å². The van der Waals surface area contributed by atoms with Gasteiger partial charge in [-0.25, -0.2) is 0 Å². The Kier molecular flexibility index (Phi) is 5.28. The molecule has 1 aliphatic heterocycles. The summed E-state index contributed by atoms with van der Waals surface area (Å²) in [4.78, 5) is 7.29. The molecule has 1 aromatic heterocycles. The molecule has 45 heavy (non-hydrogen) atoms. The van der Waals surface area contributed by atoms with Gasteiger partial charge >= 0.3 is 0 Å². The molecule has 2 heteroatoms. The molecule has 10 rings (SSSR count). The van der Waals surface area contributed by atoms with E-state index in [0.717, 1.165) is 0 Å². The number of rotatable bonds is 2. The fraction of sp³-hybridized carbons (Fsp3) is 0. The van der Waals surface area contributed by atoms with E-state index < -0.39 is 0 Å². The van der Waals surface area contributed by atoms with Crippen LogP contribution in [0.2, 0.25) is 0 Å². The summed E-state index contributed by atoms with van der Waals surface area (Å²) in [5.41, 5.74) is 7.57. The van der Waals surface area contributed by atoms with E-state index in [4.69, 9.17) is 4.98 Å². The quantitative estimate of drug-likeness (QED) is 0.147. The fourth-order valence-corrected chi connectivity index (χ4v) is 8.79. The number of fused-ring (bicyclic) bond motifs is 7. The predicted octanol–water partition coefficient (Wildman–Crippen LogP) is 12.3. The molecule has 0 fully saturated rings. The van der Waals surface area contributed by atoms with E-state index in [9.17, 15) is 0 Å². The second-order valence-electron chi connectivity index (χ2n) is 11.9. The van der Waals surface area contributed by atoms with E-state index in [0.29, 0.717) is 0 Å². The number of nitrogens with zero attached hydrogens (tertiary/aromatic N) is 1. The summed E-state index contributed by atoms with van der Waals surface area (Å²) >= 11 is 1.88. The Hall–Kier alpha value is -5.44. The van der Waals surface area contributed by atoms with Crippen molar-refractivity contribution >= 4 is 65.6 Å². The zero-order chi connectivity index (χ0) is 29.5. The minimum absolute atomic E-state index is 1.22. The van der Waals surface area contributed by atoms with Crippen LogP contribution in [0.3, 0.4) is 0 Å². The highest BCUT2D eigenvalue weighted by atomic mass is 32.2. The third-order valence-electron chi connectivity index (χ3n) is 9.50. The van der Waals surface area contributed by atoms with Crippen LogP contribution in [-0.4, -0.2) is 4.98 Å². The Morgan fingerprint density at radius 2 is 1.00 bits per heavy atom. The lowest BCUT2D eigenvalue weighted by Crippen LogP contribution is -1.96. The van der Waals surface area contributed by atoms with Crippen LogP contribution >= 0.6 is 11.8 Å². The SMILES string of the molecule is c1ccc2c(-c3c4ccccc4c(-c4ccc5c(c4)Sc4cc6ccccc6c6cncc-5c46)c4ccccc34)cccc2c1. The number of hydrogen-bond donors (Lipinski definition) is 0. The molecule has 208 valence electrons. The van der Waals surface area contributed by atoms with Gasteiger partial charge in [0.25, 0.3) is 0 Å². The molecule has 0 N–H and O–H groups in total. The van der Waals surface area contributed by atoms with Gasteiger partial charge in [0, 0.05) is 38.5 Å². The average molecular weight is 588 g/mol. The molecule has 0 aliphatic carbocycles. The summed E-state index contributed by atoms with van der Waals surface area (Å²) in [5.74, 6) is 0. The Balaban J connectivity index is 1.25. The molecule has 0 saturated carbocycles. The third kappa shape index (κ3) is 3.61. The Bertz CT molecular complexity index is 2620. The van der Waals surface area contributed by atoms with Crippen molar-refractivity contribution in [3.05, 3.63) is 152 Å². The molecule has 0 radical (unpaired) electrons. The molecular weight excluding hydrogens is 563 g/mol. The second kappa shape index (κ2) is 9.53. The number of aromatic nitrogens is 1. The van der Waals surface area contributed by atoms with Gasteiger partial charge in [-0.2, -0.15) is 0 Å². The van der Waals surface area contributed by atoms with Gasteiger partial charge in [-0.3, -0.25) is 4.98 Å². The maximum atomic E-state index is 4.72. The molecule has 0 bridgehead atoms. The third-order valence-corrected chi connectivity index (χ3v) is 10.6. The number of hydrogen-bond acceptors (Lipinski definition) is 2. The first-order valence-electron chi connectivity index (χ1n) is 15.4. The van der Waals surface area contributed by atoms with E-state index >= 15 is 0 Å². The summed E-state index contributed by atoms with van der Waals surface area (Å²) in [6, 6.07) is 51.3. The van der Waals surface area contributed by atoms with Crippen LogP contribution in [-0.2, 0) is 0 Å². The standard InChI is InChI=1S/C43H25NS/c1-3-13-29-26(10-1)12-9-19-32(29)42-35-17-7-5-15-33(35)41(34-16-6-8-18-36(34)42)28-20-21-31-38-25-44-24-37-30-14-4-2-11-27(30)22-40(43(37)38)45-39(31)23-28/h1-25H. The molecule has 0 atom stereocenters. The fourth-order valence-electron chi connectivity index (χ4n) is 7.57. The molecule has 2 heterocycles. The summed E-state index contributed by atoms with van der Waals surface area (Å²) in [7, 11) is 0. The van der Waals surface area contributed by atoms with Crippen molar-refractivity contribution in [2.75, 3.05) is 0 Å². The Morgan fingerprint density at radius 3 is 1.76 bits per heavy atom. The van der Waals surface area contributed by atoms with E-state index in [-0.39, 0.29) is 0 Å². The maximum absolute atomic E-state index is 4.72. The minimum atomic E-state index is 1.22. The van der Waals surface area contributed by atoms with Crippen molar-refractivity contribution in [3.8, 4) is 33.4 Å². The zero-order valence-electron chi connectivity index (χ0n) is 24.3. The van der Waals surface area contributed by atoms with Crippen LogP contribution in [0.1, 0.15) is 0 Å². The van der Waals surface area contributed by atoms with Crippen LogP contribution in [0.4, 0.5) is 0 Å². The molecule has 0 spiro atoms. The van der Waals surface area contributed by atoms with E-state index in [1.54, 1.807) is 0 Å². The monoisotopic (exact) mass is 587 g/mol. The molecular formula is C43H25NS. The molecule has 0 saturated heterocycles. The normalized spacial score (nSPS) is 12.4. The van der Waals surface area contributed by atoms with Gasteiger partial charge in [0.15, 0.2) is 0 Å². The van der Waals surface area contributed by atoms with Crippen LogP contribution in [0.5, 0.6) is 0 Å². The first-order chi connectivity index (χ1) is 22.3. The zero-order valence-corrected chi connectivity index (χ0v) is 25.1.